The van der Waals surface area contributed by atoms with Crippen LogP contribution in [-0.4, -0.2) is 16.3 Å². The first-order valence-corrected chi connectivity index (χ1v) is 3.42. The lowest BCUT2D eigenvalue weighted by Crippen LogP contribution is -1.76. The second-order valence-corrected chi connectivity index (χ2v) is 3.77. The Balaban J connectivity index is 2.54. The van der Waals surface area contributed by atoms with E-state index >= 15 is 0 Å². The van der Waals surface area contributed by atoms with Crippen LogP contribution in [0.3, 0.4) is 0 Å². The molecule has 0 saturated heterocycles. The first kappa shape index (κ1) is 5.53. The van der Waals surface area contributed by atoms with Crippen molar-refractivity contribution in [2.45, 2.75) is 25.0 Å². The molecule has 0 nitrogen and oxygen atoms in total. The molecule has 0 spiro atoms. The largest absolute Gasteiger partial charge is 0.215 e. The quantitative estimate of drug-likeness (QED) is 0.415. The highest BCUT2D eigenvalue weighted by Crippen LogP contribution is 1.97. The summed E-state index contributed by atoms with van der Waals surface area (Å²) in [6.07, 6.45) is 1.37. The molecule has 0 aromatic heterocycles. The highest BCUT2D eigenvalue weighted by atomic mass is 27.0. The molecule has 0 aromatic rings. The van der Waals surface area contributed by atoms with Crippen LogP contribution in [0.4, 0.5) is 0 Å². The number of hydrogen-bond donors (Lipinski definition) is 0. The number of rotatable bonds is 1. The molecule has 1 heteroatoms. The van der Waals surface area contributed by atoms with Crippen molar-refractivity contribution in [2.75, 3.05) is 0 Å². The predicted octanol–water partition coefficient (Wildman–Crippen LogP) is 0.838. The molecule has 0 aliphatic carbocycles. The maximum Gasteiger partial charge on any atom is 0.215 e. The third kappa shape index (κ3) is 4.53. The third-order valence-corrected chi connectivity index (χ3v) is 1.63. The van der Waals surface area contributed by atoms with E-state index in [-0.39, 0.29) is 0 Å². The summed E-state index contributed by atoms with van der Waals surface area (Å²) in [4.78, 5) is 0. The van der Waals surface area contributed by atoms with Crippen molar-refractivity contribution in [1.82, 2.24) is 0 Å². The van der Waals surface area contributed by atoms with Crippen LogP contribution in [0.25, 0.3) is 0 Å². The van der Waals surface area contributed by atoms with Gasteiger partial charge in [-0.2, -0.15) is 0 Å². The summed E-state index contributed by atoms with van der Waals surface area (Å²) in [7, 11) is 0. The maximum absolute atomic E-state index is 2.28. The fourth-order valence-corrected chi connectivity index (χ4v) is 0. The first-order valence-electron chi connectivity index (χ1n) is 2.27. The van der Waals surface area contributed by atoms with Crippen molar-refractivity contribution < 1.29 is 0 Å². The Labute approximate surface area is 42.0 Å². The molecule has 0 aromatic carbocycles. The topological polar surface area (TPSA) is 0 Å². The summed E-state index contributed by atoms with van der Waals surface area (Å²) in [5.41, 5.74) is 0. The van der Waals surface area contributed by atoms with Gasteiger partial charge in [0.05, 0.1) is 0 Å². The van der Waals surface area contributed by atoms with Gasteiger partial charge in [-0.15, -0.1) is 0 Å². The Bertz CT molecular complexity index is 17.6. The molecule has 0 amide bonds. The zero-order valence-corrected chi connectivity index (χ0v) is 6.28. The highest BCUT2D eigenvalue weighted by Gasteiger charge is 1.81. The van der Waals surface area contributed by atoms with Crippen molar-refractivity contribution in [3.05, 3.63) is 0 Å². The summed E-state index contributed by atoms with van der Waals surface area (Å²) >= 11 is 1.37. The minimum Gasteiger partial charge on any atom is -0.0931 e. The van der Waals surface area contributed by atoms with Crippen LogP contribution in [0.1, 0.15) is 20.3 Å². The van der Waals surface area contributed by atoms with Gasteiger partial charge >= 0.3 is 0 Å². The molecule has 0 fully saturated rings. The van der Waals surface area contributed by atoms with Crippen LogP contribution >= 0.6 is 0 Å². The van der Waals surface area contributed by atoms with Crippen molar-refractivity contribution in [1.29, 1.82) is 0 Å². The molecular weight excluding hydrogens is 75.0 g/mol. The van der Waals surface area contributed by atoms with Gasteiger partial charge in [-0.3, -0.25) is 0 Å². The van der Waals surface area contributed by atoms with Crippen molar-refractivity contribution in [2.24, 2.45) is 0 Å². The van der Waals surface area contributed by atoms with Gasteiger partial charge in [-0.25, -0.2) is 0 Å². The Kier molecular flexibility index (Phi) is 3.05. The lowest BCUT2D eigenvalue weighted by molar-refractivity contribution is 0.880. The van der Waals surface area contributed by atoms with Crippen LogP contribution in [0.2, 0.25) is 4.78 Å². The predicted molar refractivity (Wildman–Crippen MR) is 28.3 cm³/mol. The van der Waals surface area contributed by atoms with Gasteiger partial charge in [-0.05, 0) is 0 Å². The number of hydrogen-bond acceptors (Lipinski definition) is 0. The summed E-state index contributed by atoms with van der Waals surface area (Å²) in [6.45, 7) is 4.52. The van der Waals surface area contributed by atoms with Gasteiger partial charge < -0.3 is 0 Å². The van der Waals surface area contributed by atoms with E-state index in [1.807, 2.05) is 0 Å². The molecule has 0 saturated carbocycles. The molecule has 0 rings (SSSR count). The molecule has 0 radical (unpaired) electrons. The first-order chi connectivity index (χ1) is 2.27. The summed E-state index contributed by atoms with van der Waals surface area (Å²) in [5, 5.41) is 0. The monoisotopic (exact) mass is 86.1 g/mol. The normalized spacial score (nSPS) is 14.8. The van der Waals surface area contributed by atoms with Gasteiger partial charge in [0.1, 0.15) is 0 Å². The van der Waals surface area contributed by atoms with Gasteiger partial charge in [-0.1, -0.05) is 25.0 Å². The van der Waals surface area contributed by atoms with Crippen molar-refractivity contribution in [3.8, 4) is 0 Å². The van der Waals surface area contributed by atoms with E-state index in [1.54, 1.807) is 0 Å². The van der Waals surface area contributed by atoms with Gasteiger partial charge in [0, 0.05) is 0 Å². The van der Waals surface area contributed by atoms with E-state index in [0.29, 0.717) is 0 Å². The van der Waals surface area contributed by atoms with E-state index in [1.165, 1.54) is 22.7 Å². The molecule has 30 valence electrons. The molecule has 0 aliphatic heterocycles. The highest BCUT2D eigenvalue weighted by molar-refractivity contribution is 6.11. The zero-order valence-electron chi connectivity index (χ0n) is 4.28. The molecular formula is C4H11Al. The van der Waals surface area contributed by atoms with Crippen molar-refractivity contribution >= 4 is 16.3 Å². The van der Waals surface area contributed by atoms with E-state index in [9.17, 15) is 0 Å². The molecule has 5 heavy (non-hydrogen) atoms. The third-order valence-electron chi connectivity index (χ3n) is 0.816. The minimum atomic E-state index is 1.02. The van der Waals surface area contributed by atoms with E-state index in [2.05, 4.69) is 13.8 Å². The fraction of sp³-hybridized carbons (Fsp3) is 1.00. The smallest absolute Gasteiger partial charge is 0.0931 e. The Morgan fingerprint density at radius 2 is 2.00 bits per heavy atom. The maximum atomic E-state index is 2.28. The minimum absolute atomic E-state index is 1.02. The van der Waals surface area contributed by atoms with Crippen LogP contribution < -0.4 is 0 Å². The van der Waals surface area contributed by atoms with Crippen LogP contribution in [0, 0.1) is 0 Å². The standard InChI is InChI=1S/C4H9.Al.2H/c1-3-4-2;;;/h3H,4H2,1-2H3;;;. The average Bonchev–Trinajstić information content (AvgIpc) is 1.38. The summed E-state index contributed by atoms with van der Waals surface area (Å²) in [5.74, 6) is 0. The van der Waals surface area contributed by atoms with Gasteiger partial charge in [0.15, 0.2) is 0 Å². The molecule has 0 aliphatic rings. The summed E-state index contributed by atoms with van der Waals surface area (Å²) < 4.78 is 1.02. The van der Waals surface area contributed by atoms with Gasteiger partial charge in [0.25, 0.3) is 0 Å². The van der Waals surface area contributed by atoms with E-state index in [4.69, 9.17) is 0 Å². The van der Waals surface area contributed by atoms with Crippen LogP contribution in [0.5, 0.6) is 0 Å². The van der Waals surface area contributed by atoms with Crippen LogP contribution in [0.15, 0.2) is 0 Å². The van der Waals surface area contributed by atoms with E-state index in [0.717, 1.165) is 4.78 Å². The second kappa shape index (κ2) is 2.75. The SMILES string of the molecule is CC[CH](C)[AlH2]. The van der Waals surface area contributed by atoms with E-state index < -0.39 is 0 Å². The fourth-order valence-electron chi connectivity index (χ4n) is 0. The Hall–Kier alpha value is 0.532. The molecule has 0 heterocycles. The van der Waals surface area contributed by atoms with Gasteiger partial charge in [0.2, 0.25) is 16.3 Å². The summed E-state index contributed by atoms with van der Waals surface area (Å²) in [6, 6.07) is 0. The lowest BCUT2D eigenvalue weighted by atomic mass is 10.4. The zero-order chi connectivity index (χ0) is 4.28. The molecule has 1 atom stereocenters. The molecule has 0 N–H and O–H groups in total. The Morgan fingerprint density at radius 1 is 1.80 bits per heavy atom. The average molecular weight is 86.1 g/mol. The van der Waals surface area contributed by atoms with Crippen molar-refractivity contribution in [3.63, 3.8) is 0 Å². The Morgan fingerprint density at radius 3 is 2.00 bits per heavy atom. The molecule has 1 unspecified atom stereocenters. The second-order valence-electron chi connectivity index (χ2n) is 1.80. The van der Waals surface area contributed by atoms with Crippen LogP contribution in [-0.2, 0) is 0 Å². The lowest BCUT2D eigenvalue weighted by Gasteiger charge is -1.89. The molecule has 0 bridgehead atoms.